The monoisotopic (exact) mass is 358 g/mol. The van der Waals surface area contributed by atoms with Crippen molar-refractivity contribution in [2.75, 3.05) is 0 Å². The molecule has 27 heavy (non-hydrogen) atoms. The molecule has 2 aromatic heterocycles. The first kappa shape index (κ1) is 18.8. The van der Waals surface area contributed by atoms with E-state index in [1.54, 1.807) is 0 Å². The zero-order valence-corrected chi connectivity index (χ0v) is 16.3. The van der Waals surface area contributed by atoms with Gasteiger partial charge in [0.2, 0.25) is 0 Å². The molecular weight excluding hydrogens is 330 g/mol. The van der Waals surface area contributed by atoms with E-state index >= 15 is 0 Å². The first-order valence-electron chi connectivity index (χ1n) is 9.53. The van der Waals surface area contributed by atoms with Crippen LogP contribution in [0, 0.1) is 0 Å². The zero-order chi connectivity index (χ0) is 19.1. The number of fused-ring (bicyclic) bond motifs is 1. The minimum absolute atomic E-state index is 0.909. The van der Waals surface area contributed by atoms with Gasteiger partial charge in [0.15, 0.2) is 18.9 Å². The average Bonchev–Trinajstić information content (AvgIpc) is 3.12. The Bertz CT molecular complexity index is 901. The number of benzene rings is 1. The molecule has 1 aliphatic carbocycles. The second kappa shape index (κ2) is 9.13. The molecule has 0 aliphatic heterocycles. The molecule has 0 amide bonds. The molecule has 2 heterocycles. The molecule has 0 N–H and O–H groups in total. The maximum atomic E-state index is 4.64. The molecule has 0 atom stereocenters. The van der Waals surface area contributed by atoms with Crippen LogP contribution >= 0.6 is 0 Å². The summed E-state index contributed by atoms with van der Waals surface area (Å²) in [5.74, 6) is 0. The average molecular weight is 359 g/mol. The molecule has 1 aliphatic rings. The van der Waals surface area contributed by atoms with Crippen molar-refractivity contribution in [3.8, 4) is 5.69 Å². The molecule has 3 heteroatoms. The second-order valence-electron chi connectivity index (χ2n) is 7.11. The molecule has 3 nitrogen and oxygen atoms in total. The van der Waals surface area contributed by atoms with Crippen molar-refractivity contribution in [3.05, 3.63) is 96.6 Å². The first-order valence-corrected chi connectivity index (χ1v) is 9.53. The highest BCUT2D eigenvalue weighted by Crippen LogP contribution is 2.31. The summed E-state index contributed by atoms with van der Waals surface area (Å²) in [5.41, 5.74) is 6.39. The summed E-state index contributed by atoms with van der Waals surface area (Å²) in [6, 6.07) is 16.6. The minimum atomic E-state index is 0.909. The lowest BCUT2D eigenvalue weighted by molar-refractivity contribution is -0.686. The molecule has 0 spiro atoms. The van der Waals surface area contributed by atoms with Crippen molar-refractivity contribution in [1.82, 2.24) is 9.78 Å². The summed E-state index contributed by atoms with van der Waals surface area (Å²) < 4.78 is 4.29. The van der Waals surface area contributed by atoms with Gasteiger partial charge >= 0.3 is 0 Å². The Labute approximate surface area is 162 Å². The summed E-state index contributed by atoms with van der Waals surface area (Å²) in [7, 11) is 0. The number of pyridine rings is 1. The highest BCUT2D eigenvalue weighted by atomic mass is 15.3. The van der Waals surface area contributed by atoms with Crippen LogP contribution in [-0.2, 0) is 13.0 Å². The number of para-hydroxylation sites is 1. The Balaban J connectivity index is 0.000000481. The van der Waals surface area contributed by atoms with Crippen LogP contribution in [0.1, 0.15) is 37.9 Å². The van der Waals surface area contributed by atoms with E-state index in [4.69, 9.17) is 0 Å². The van der Waals surface area contributed by atoms with Crippen LogP contribution in [0.3, 0.4) is 0 Å². The smallest absolute Gasteiger partial charge is 0.169 e. The lowest BCUT2D eigenvalue weighted by atomic mass is 9.92. The van der Waals surface area contributed by atoms with E-state index in [0.717, 1.165) is 25.1 Å². The van der Waals surface area contributed by atoms with Crippen LogP contribution in [0.25, 0.3) is 11.3 Å². The maximum absolute atomic E-state index is 4.64. The molecule has 4 rings (SSSR count). The summed E-state index contributed by atoms with van der Waals surface area (Å²) in [6.45, 7) is 8.41. The van der Waals surface area contributed by atoms with Crippen LogP contribution < -0.4 is 4.57 Å². The minimum Gasteiger partial charge on any atom is -0.237 e. The van der Waals surface area contributed by atoms with E-state index in [1.165, 1.54) is 28.8 Å². The molecule has 0 unspecified atom stereocenters. The molecule has 1 aromatic carbocycles. The highest BCUT2D eigenvalue weighted by Gasteiger charge is 2.20. The molecule has 3 aromatic rings. The van der Waals surface area contributed by atoms with Crippen molar-refractivity contribution in [2.45, 2.75) is 39.7 Å². The van der Waals surface area contributed by atoms with Crippen LogP contribution in [0.15, 0.2) is 85.3 Å². The van der Waals surface area contributed by atoms with Gasteiger partial charge < -0.3 is 0 Å². The van der Waals surface area contributed by atoms with Crippen molar-refractivity contribution in [2.24, 2.45) is 0 Å². The fraction of sp³-hybridized carbons (Fsp3) is 0.250. The maximum Gasteiger partial charge on any atom is 0.169 e. The third kappa shape index (κ3) is 5.04. The molecular formula is C24H28N3+. The van der Waals surface area contributed by atoms with Gasteiger partial charge in [-0.25, -0.2) is 9.25 Å². The predicted octanol–water partition coefficient (Wildman–Crippen LogP) is 5.16. The quantitative estimate of drug-likeness (QED) is 0.468. The topological polar surface area (TPSA) is 21.7 Å². The van der Waals surface area contributed by atoms with E-state index in [1.807, 2.05) is 32.2 Å². The van der Waals surface area contributed by atoms with Gasteiger partial charge in [0.05, 0.1) is 17.6 Å². The SMILES string of the molecule is C(/C[n+]1ccccc1)=C1/CCCc2c1cnn2-c1ccccc1.C=C(C)C. The van der Waals surface area contributed by atoms with E-state index in [-0.39, 0.29) is 0 Å². The molecule has 0 radical (unpaired) electrons. The van der Waals surface area contributed by atoms with Crippen LogP contribution in [0.2, 0.25) is 0 Å². The lowest BCUT2D eigenvalue weighted by Gasteiger charge is -2.16. The van der Waals surface area contributed by atoms with Crippen LogP contribution in [0.4, 0.5) is 0 Å². The van der Waals surface area contributed by atoms with Gasteiger partial charge in [0.25, 0.3) is 0 Å². The Kier molecular flexibility index (Phi) is 6.37. The fourth-order valence-electron chi connectivity index (χ4n) is 3.24. The molecule has 0 saturated heterocycles. The number of hydrogen-bond donors (Lipinski definition) is 0. The predicted molar refractivity (Wildman–Crippen MR) is 112 cm³/mol. The van der Waals surface area contributed by atoms with Crippen molar-refractivity contribution in [1.29, 1.82) is 0 Å². The van der Waals surface area contributed by atoms with Crippen molar-refractivity contribution < 1.29 is 4.57 Å². The van der Waals surface area contributed by atoms with Gasteiger partial charge in [0, 0.05) is 17.7 Å². The molecule has 0 fully saturated rings. The number of nitrogens with zero attached hydrogens (tertiary/aromatic N) is 3. The Hall–Kier alpha value is -2.94. The number of rotatable bonds is 3. The van der Waals surface area contributed by atoms with E-state index < -0.39 is 0 Å². The van der Waals surface area contributed by atoms with Crippen molar-refractivity contribution >= 4 is 5.57 Å². The van der Waals surface area contributed by atoms with Crippen molar-refractivity contribution in [3.63, 3.8) is 0 Å². The van der Waals surface area contributed by atoms with Crippen LogP contribution in [-0.4, -0.2) is 9.78 Å². The summed E-state index contributed by atoms with van der Waals surface area (Å²) >= 11 is 0. The summed E-state index contributed by atoms with van der Waals surface area (Å²) in [4.78, 5) is 0. The molecule has 138 valence electrons. The number of hydrogen-bond acceptors (Lipinski definition) is 1. The Morgan fingerprint density at radius 3 is 2.44 bits per heavy atom. The lowest BCUT2D eigenvalue weighted by Crippen LogP contribution is -2.31. The normalized spacial score (nSPS) is 14.2. The van der Waals surface area contributed by atoms with Gasteiger partial charge in [-0.15, -0.1) is 6.58 Å². The van der Waals surface area contributed by atoms with Crippen LogP contribution in [0.5, 0.6) is 0 Å². The summed E-state index contributed by atoms with van der Waals surface area (Å²) in [6.07, 6.45) is 12.0. The molecule has 0 saturated carbocycles. The van der Waals surface area contributed by atoms with Gasteiger partial charge in [-0.1, -0.05) is 29.8 Å². The first-order chi connectivity index (χ1) is 13.1. The number of allylic oxidation sites excluding steroid dienone is 3. The van der Waals surface area contributed by atoms with E-state index in [2.05, 4.69) is 75.8 Å². The van der Waals surface area contributed by atoms with Gasteiger partial charge in [-0.05, 0) is 56.9 Å². The standard InChI is InChI=1S/C20H20N3.C4H8/c1-3-9-18(10-4-1)23-20-11-7-8-17(19(20)16-21-23)12-15-22-13-5-2-6-14-22;1-4(2)3/h1-6,9-10,12-14,16H,7-8,11,15H2;1H2,2-3H3/q+1;/b17-12+;. The van der Waals surface area contributed by atoms with Gasteiger partial charge in [-0.3, -0.25) is 0 Å². The third-order valence-corrected chi connectivity index (χ3v) is 4.40. The summed E-state index contributed by atoms with van der Waals surface area (Å²) in [5, 5.41) is 4.64. The Morgan fingerprint density at radius 2 is 1.74 bits per heavy atom. The van der Waals surface area contributed by atoms with Gasteiger partial charge in [0.1, 0.15) is 0 Å². The van der Waals surface area contributed by atoms with E-state index in [9.17, 15) is 0 Å². The largest absolute Gasteiger partial charge is 0.237 e. The van der Waals surface area contributed by atoms with Gasteiger partial charge in [-0.2, -0.15) is 5.10 Å². The number of aromatic nitrogens is 3. The highest BCUT2D eigenvalue weighted by molar-refractivity contribution is 5.69. The fourth-order valence-corrected chi connectivity index (χ4v) is 3.24. The third-order valence-electron chi connectivity index (χ3n) is 4.40. The zero-order valence-electron chi connectivity index (χ0n) is 16.3. The Morgan fingerprint density at radius 1 is 1.07 bits per heavy atom. The second-order valence-corrected chi connectivity index (χ2v) is 7.11. The van der Waals surface area contributed by atoms with E-state index in [0.29, 0.717) is 0 Å². The molecule has 0 bridgehead atoms.